The summed E-state index contributed by atoms with van der Waals surface area (Å²) < 4.78 is 2.66. The molecule has 25 heavy (non-hydrogen) atoms. The normalized spacial score (nSPS) is 11.0. The Bertz CT molecular complexity index is 994. The number of nitrogens with one attached hydrogen (secondary N) is 1. The van der Waals surface area contributed by atoms with Gasteiger partial charge in [-0.15, -0.1) is 5.10 Å². The molecule has 9 heteroatoms. The molecule has 2 aromatic heterocycles. The molecule has 3 rings (SSSR count). The van der Waals surface area contributed by atoms with Crippen molar-refractivity contribution in [3.63, 3.8) is 0 Å². The zero-order valence-corrected chi connectivity index (χ0v) is 14.6. The van der Waals surface area contributed by atoms with Crippen LogP contribution >= 0.6 is 11.6 Å². The van der Waals surface area contributed by atoms with E-state index in [-0.39, 0.29) is 18.0 Å². The molecule has 3 aromatic rings. The van der Waals surface area contributed by atoms with E-state index in [9.17, 15) is 9.59 Å². The molecule has 0 fully saturated rings. The summed E-state index contributed by atoms with van der Waals surface area (Å²) >= 11 is 6.15. The Morgan fingerprint density at radius 3 is 2.88 bits per heavy atom. The Morgan fingerprint density at radius 1 is 1.36 bits per heavy atom. The minimum atomic E-state index is -0.416. The van der Waals surface area contributed by atoms with Crippen molar-refractivity contribution in [2.75, 3.05) is 6.54 Å². The number of carbonyl (C=O) groups excluding carboxylic acids is 1. The highest BCUT2D eigenvalue weighted by atomic mass is 35.5. The van der Waals surface area contributed by atoms with E-state index in [1.807, 2.05) is 26.0 Å². The van der Waals surface area contributed by atoms with E-state index in [0.717, 1.165) is 12.0 Å². The number of rotatable bonds is 5. The minimum Gasteiger partial charge on any atom is -0.355 e. The lowest BCUT2D eigenvalue weighted by Crippen LogP contribution is -2.32. The van der Waals surface area contributed by atoms with Gasteiger partial charge in [-0.25, -0.2) is 4.98 Å². The average molecular weight is 361 g/mol. The monoisotopic (exact) mass is 360 g/mol. The third kappa shape index (κ3) is 3.39. The van der Waals surface area contributed by atoms with Crippen molar-refractivity contribution >= 4 is 28.7 Å². The molecular weight excluding hydrogens is 344 g/mol. The number of fused-ring (bicyclic) bond motifs is 1. The third-order valence-electron chi connectivity index (χ3n) is 3.72. The predicted octanol–water partition coefficient (Wildman–Crippen LogP) is 1.47. The summed E-state index contributed by atoms with van der Waals surface area (Å²) in [4.78, 5) is 28.5. The van der Waals surface area contributed by atoms with Gasteiger partial charge in [0.1, 0.15) is 12.9 Å². The van der Waals surface area contributed by atoms with Crippen LogP contribution in [-0.4, -0.2) is 37.0 Å². The van der Waals surface area contributed by atoms with Gasteiger partial charge >= 0.3 is 0 Å². The number of hydrogen-bond donors (Lipinski definition) is 1. The van der Waals surface area contributed by atoms with E-state index in [0.29, 0.717) is 22.9 Å². The Labute approximate surface area is 148 Å². The molecule has 0 aliphatic carbocycles. The molecule has 8 nitrogen and oxygen atoms in total. The maximum Gasteiger partial charge on any atom is 0.284 e. The number of aryl methyl sites for hydroxylation is 1. The van der Waals surface area contributed by atoms with Crippen LogP contribution in [0.4, 0.5) is 0 Å². The number of aromatic nitrogens is 5. The third-order valence-corrected chi connectivity index (χ3v) is 4.12. The molecule has 2 heterocycles. The number of amides is 1. The lowest BCUT2D eigenvalue weighted by atomic mass is 10.2. The fourth-order valence-electron chi connectivity index (χ4n) is 2.32. The second kappa shape index (κ2) is 7.02. The van der Waals surface area contributed by atoms with Crippen molar-refractivity contribution in [3.05, 3.63) is 45.5 Å². The minimum absolute atomic E-state index is 0.0995. The van der Waals surface area contributed by atoms with E-state index in [1.54, 1.807) is 6.07 Å². The first-order valence-electron chi connectivity index (χ1n) is 7.85. The van der Waals surface area contributed by atoms with Crippen LogP contribution in [0.1, 0.15) is 18.9 Å². The number of carbonyl (C=O) groups is 1. The number of halogens is 1. The van der Waals surface area contributed by atoms with Crippen molar-refractivity contribution < 1.29 is 4.79 Å². The molecule has 0 atom stereocenters. The highest BCUT2D eigenvalue weighted by Crippen LogP contribution is 2.20. The lowest BCUT2D eigenvalue weighted by molar-refractivity contribution is -0.121. The first-order chi connectivity index (χ1) is 12.0. The second-order valence-electron chi connectivity index (χ2n) is 5.63. The van der Waals surface area contributed by atoms with Gasteiger partial charge in [0.05, 0.1) is 5.69 Å². The molecule has 0 aliphatic heterocycles. The zero-order valence-electron chi connectivity index (χ0n) is 13.9. The molecule has 1 amide bonds. The van der Waals surface area contributed by atoms with Crippen LogP contribution in [0.2, 0.25) is 5.02 Å². The van der Waals surface area contributed by atoms with Gasteiger partial charge in [-0.3, -0.25) is 14.2 Å². The van der Waals surface area contributed by atoms with Gasteiger partial charge in [0.25, 0.3) is 5.56 Å². The molecule has 0 radical (unpaired) electrons. The van der Waals surface area contributed by atoms with Crippen LogP contribution in [0.15, 0.2) is 29.3 Å². The first-order valence-corrected chi connectivity index (χ1v) is 8.23. The molecule has 0 saturated heterocycles. The summed E-state index contributed by atoms with van der Waals surface area (Å²) in [5.41, 5.74) is 1.59. The van der Waals surface area contributed by atoms with Crippen LogP contribution < -0.4 is 10.9 Å². The van der Waals surface area contributed by atoms with Crippen LogP contribution in [-0.2, 0) is 11.3 Å². The highest BCUT2D eigenvalue weighted by molar-refractivity contribution is 6.31. The molecule has 130 valence electrons. The molecule has 1 aromatic carbocycles. The van der Waals surface area contributed by atoms with Crippen molar-refractivity contribution in [2.24, 2.45) is 0 Å². The largest absolute Gasteiger partial charge is 0.355 e. The van der Waals surface area contributed by atoms with E-state index < -0.39 is 5.56 Å². The number of nitrogens with zero attached hydrogens (tertiary/aromatic N) is 5. The maximum atomic E-state index is 12.5. The fraction of sp³-hybridized carbons (Fsp3) is 0.312. The predicted molar refractivity (Wildman–Crippen MR) is 94.0 cm³/mol. The Hall–Kier alpha value is -2.74. The number of benzene rings is 1. The van der Waals surface area contributed by atoms with Crippen LogP contribution in [0, 0.1) is 6.92 Å². The fourth-order valence-corrected chi connectivity index (χ4v) is 2.49. The summed E-state index contributed by atoms with van der Waals surface area (Å²) in [6.07, 6.45) is 2.15. The topological polar surface area (TPSA) is 94.7 Å². The van der Waals surface area contributed by atoms with Gasteiger partial charge in [0.15, 0.2) is 11.2 Å². The van der Waals surface area contributed by atoms with E-state index in [1.165, 1.54) is 15.6 Å². The van der Waals surface area contributed by atoms with Gasteiger partial charge in [0.2, 0.25) is 5.91 Å². The van der Waals surface area contributed by atoms with Crippen molar-refractivity contribution in [2.45, 2.75) is 26.8 Å². The van der Waals surface area contributed by atoms with E-state index >= 15 is 0 Å². The Morgan fingerprint density at radius 2 is 2.16 bits per heavy atom. The van der Waals surface area contributed by atoms with Crippen LogP contribution in [0.25, 0.3) is 16.9 Å². The summed E-state index contributed by atoms with van der Waals surface area (Å²) in [6.45, 7) is 4.31. The van der Waals surface area contributed by atoms with E-state index in [4.69, 9.17) is 11.6 Å². The lowest BCUT2D eigenvalue weighted by Gasteiger charge is -2.06. The van der Waals surface area contributed by atoms with E-state index in [2.05, 4.69) is 20.6 Å². The molecule has 0 spiro atoms. The van der Waals surface area contributed by atoms with Gasteiger partial charge in [-0.1, -0.05) is 29.8 Å². The molecule has 0 aliphatic rings. The van der Waals surface area contributed by atoms with Crippen molar-refractivity contribution in [1.29, 1.82) is 0 Å². The average Bonchev–Trinajstić information content (AvgIpc) is 3.03. The van der Waals surface area contributed by atoms with Crippen molar-refractivity contribution in [1.82, 2.24) is 29.9 Å². The number of hydrogen-bond acceptors (Lipinski definition) is 5. The molecule has 1 N–H and O–H groups in total. The summed E-state index contributed by atoms with van der Waals surface area (Å²) in [7, 11) is 0. The maximum absolute atomic E-state index is 12.5. The smallest absolute Gasteiger partial charge is 0.284 e. The van der Waals surface area contributed by atoms with Crippen LogP contribution in [0.5, 0.6) is 0 Å². The Balaban J connectivity index is 1.97. The molecule has 0 bridgehead atoms. The SMILES string of the molecule is CCCNC(=O)Cn1cnc2c(nnn2-c2ccc(C)c(Cl)c2)c1=O. The summed E-state index contributed by atoms with van der Waals surface area (Å²) in [5, 5.41) is 11.2. The van der Waals surface area contributed by atoms with Gasteiger partial charge in [-0.2, -0.15) is 4.68 Å². The molecular formula is C16H17ClN6O2. The second-order valence-corrected chi connectivity index (χ2v) is 6.04. The highest BCUT2D eigenvalue weighted by Gasteiger charge is 2.15. The van der Waals surface area contributed by atoms with Gasteiger partial charge < -0.3 is 5.32 Å². The first kappa shape index (κ1) is 17.1. The Kier molecular flexibility index (Phi) is 4.80. The van der Waals surface area contributed by atoms with Crippen molar-refractivity contribution in [3.8, 4) is 5.69 Å². The summed E-state index contributed by atoms with van der Waals surface area (Å²) in [6, 6.07) is 5.40. The molecule has 0 saturated carbocycles. The summed E-state index contributed by atoms with van der Waals surface area (Å²) in [5.74, 6) is -0.247. The molecule has 0 unspecified atom stereocenters. The van der Waals surface area contributed by atoms with Crippen LogP contribution in [0.3, 0.4) is 0 Å². The van der Waals surface area contributed by atoms with Gasteiger partial charge in [0, 0.05) is 11.6 Å². The quantitative estimate of drug-likeness (QED) is 0.743. The van der Waals surface area contributed by atoms with Gasteiger partial charge in [-0.05, 0) is 31.0 Å². The zero-order chi connectivity index (χ0) is 18.0. The standard InChI is InChI=1S/C16H17ClN6O2/c1-3-6-18-13(24)8-22-9-19-15-14(16(22)25)20-21-23(15)11-5-4-10(2)12(17)7-11/h4-5,7,9H,3,6,8H2,1-2H3,(H,18,24).